The normalized spacial score (nSPS) is 17.6. The Morgan fingerprint density at radius 2 is 2.43 bits per heavy atom. The van der Waals surface area contributed by atoms with Crippen LogP contribution in [0.15, 0.2) is 17.7 Å². The van der Waals surface area contributed by atoms with Gasteiger partial charge in [0.15, 0.2) is 11.5 Å². The summed E-state index contributed by atoms with van der Waals surface area (Å²) in [6.45, 7) is 1.11. The number of hydrogen-bond donors (Lipinski definition) is 2. The predicted octanol–water partition coefficient (Wildman–Crippen LogP) is 2.21. The Hall–Kier alpha value is -1.79. The molecule has 0 bridgehead atoms. The Morgan fingerprint density at radius 1 is 1.65 bits per heavy atom. The first kappa shape index (κ1) is 17.6. The van der Waals surface area contributed by atoms with Crippen LogP contribution < -0.4 is 10.1 Å². The van der Waals surface area contributed by atoms with Crippen molar-refractivity contribution in [1.82, 2.24) is 5.32 Å². The third kappa shape index (κ3) is 4.59. The lowest BCUT2D eigenvalue weighted by molar-refractivity contribution is -0.117. The highest BCUT2D eigenvalue weighted by Gasteiger charge is 2.18. The third-order valence-corrected chi connectivity index (χ3v) is 4.28. The molecular weight excluding hydrogens is 411 g/mol. The number of carbonyl (C=O) groups is 1. The number of hydrogen-bond acceptors (Lipinski definition) is 5. The summed E-state index contributed by atoms with van der Waals surface area (Å²) in [6, 6.07) is 5.14. The highest BCUT2D eigenvalue weighted by molar-refractivity contribution is 14.1. The van der Waals surface area contributed by atoms with Crippen LogP contribution in [-0.2, 0) is 9.53 Å². The Morgan fingerprint density at radius 3 is 3.04 bits per heavy atom. The maximum Gasteiger partial charge on any atom is 0.262 e. The van der Waals surface area contributed by atoms with Crippen molar-refractivity contribution in [2.45, 2.75) is 18.9 Å². The van der Waals surface area contributed by atoms with Crippen LogP contribution in [0, 0.1) is 14.9 Å². The van der Waals surface area contributed by atoms with E-state index in [4.69, 9.17) is 9.47 Å². The summed E-state index contributed by atoms with van der Waals surface area (Å²) in [5.41, 5.74) is 0.597. The summed E-state index contributed by atoms with van der Waals surface area (Å²) < 4.78 is 11.1. The molecule has 1 saturated heterocycles. The molecule has 7 heteroatoms. The molecule has 23 heavy (non-hydrogen) atoms. The summed E-state index contributed by atoms with van der Waals surface area (Å²) in [4.78, 5) is 12.1. The maximum atomic E-state index is 12.1. The fraction of sp³-hybridized carbons (Fsp3) is 0.375. The lowest BCUT2D eigenvalue weighted by atomic mass is 10.1. The zero-order valence-electron chi connectivity index (χ0n) is 12.6. The third-order valence-electron chi connectivity index (χ3n) is 3.46. The summed E-state index contributed by atoms with van der Waals surface area (Å²) >= 11 is 1.96. The van der Waals surface area contributed by atoms with Crippen LogP contribution in [0.5, 0.6) is 11.5 Å². The van der Waals surface area contributed by atoms with Crippen LogP contribution in [0.1, 0.15) is 18.4 Å². The largest absolute Gasteiger partial charge is 0.504 e. The maximum absolute atomic E-state index is 12.1. The molecule has 2 rings (SSSR count). The van der Waals surface area contributed by atoms with Crippen molar-refractivity contribution < 1.29 is 19.4 Å². The van der Waals surface area contributed by atoms with Crippen LogP contribution >= 0.6 is 22.6 Å². The number of phenolic OH excluding ortho intramolecular Hbond substituents is 1. The van der Waals surface area contributed by atoms with Crippen LogP contribution in [0.4, 0.5) is 0 Å². The van der Waals surface area contributed by atoms with Gasteiger partial charge in [-0.3, -0.25) is 4.79 Å². The van der Waals surface area contributed by atoms with Gasteiger partial charge in [0.1, 0.15) is 11.6 Å². The molecule has 122 valence electrons. The molecule has 1 unspecified atom stereocenters. The Balaban J connectivity index is 2.13. The first-order chi connectivity index (χ1) is 11.0. The van der Waals surface area contributed by atoms with Gasteiger partial charge in [-0.15, -0.1) is 0 Å². The number of phenols is 1. The van der Waals surface area contributed by atoms with Gasteiger partial charge in [0.2, 0.25) is 0 Å². The molecule has 0 aliphatic carbocycles. The average Bonchev–Trinajstić information content (AvgIpc) is 3.06. The Labute approximate surface area is 148 Å². The monoisotopic (exact) mass is 428 g/mol. The Kier molecular flexibility index (Phi) is 6.24. The lowest BCUT2D eigenvalue weighted by Gasteiger charge is -2.10. The van der Waals surface area contributed by atoms with Gasteiger partial charge in [0, 0.05) is 13.2 Å². The number of nitrogens with one attached hydrogen (secondary N) is 1. The Bertz CT molecular complexity index is 661. The first-order valence-electron chi connectivity index (χ1n) is 7.13. The summed E-state index contributed by atoms with van der Waals surface area (Å²) in [5, 5.41) is 21.7. The van der Waals surface area contributed by atoms with E-state index in [1.165, 1.54) is 13.2 Å². The van der Waals surface area contributed by atoms with Crippen molar-refractivity contribution in [3.63, 3.8) is 0 Å². The standard InChI is InChI=1S/C16H17IN2O4/c1-22-14-7-10(6-13(17)15(14)20)5-11(8-18)16(21)19-9-12-3-2-4-23-12/h5-7,12,20H,2-4,9H2,1H3,(H,19,21)/b11-5+. The number of rotatable bonds is 5. The second-order valence-electron chi connectivity index (χ2n) is 5.07. The summed E-state index contributed by atoms with van der Waals surface area (Å²) in [6.07, 6.45) is 3.40. The van der Waals surface area contributed by atoms with Gasteiger partial charge in [-0.1, -0.05) is 0 Å². The molecule has 1 atom stereocenters. The number of carbonyl (C=O) groups excluding carboxylic acids is 1. The molecule has 0 spiro atoms. The molecular formula is C16H17IN2O4. The van der Waals surface area contributed by atoms with E-state index in [1.807, 2.05) is 28.7 Å². The molecule has 1 aromatic carbocycles. The van der Waals surface area contributed by atoms with Gasteiger partial charge in [0.25, 0.3) is 5.91 Å². The van der Waals surface area contributed by atoms with Gasteiger partial charge < -0.3 is 19.9 Å². The highest BCUT2D eigenvalue weighted by atomic mass is 127. The second kappa shape index (κ2) is 8.17. The topological polar surface area (TPSA) is 91.6 Å². The number of ether oxygens (including phenoxy) is 2. The van der Waals surface area contributed by atoms with Crippen molar-refractivity contribution in [2.75, 3.05) is 20.3 Å². The SMILES string of the molecule is COc1cc(/C=C(\C#N)C(=O)NCC2CCCO2)cc(I)c1O. The molecule has 1 fully saturated rings. The number of aromatic hydroxyl groups is 1. The van der Waals surface area contributed by atoms with E-state index in [2.05, 4.69) is 5.32 Å². The zero-order chi connectivity index (χ0) is 16.8. The van der Waals surface area contributed by atoms with Gasteiger partial charge in [0.05, 0.1) is 16.8 Å². The van der Waals surface area contributed by atoms with Gasteiger partial charge in [-0.25, -0.2) is 0 Å². The average molecular weight is 428 g/mol. The molecule has 1 aromatic rings. The van der Waals surface area contributed by atoms with Crippen LogP contribution in [0.2, 0.25) is 0 Å². The minimum Gasteiger partial charge on any atom is -0.504 e. The van der Waals surface area contributed by atoms with E-state index in [0.29, 0.717) is 28.0 Å². The molecule has 0 aromatic heterocycles. The number of benzene rings is 1. The first-order valence-corrected chi connectivity index (χ1v) is 8.21. The number of nitriles is 1. The number of amides is 1. The van der Waals surface area contributed by atoms with Crippen molar-refractivity contribution in [3.8, 4) is 17.6 Å². The van der Waals surface area contributed by atoms with Crippen LogP contribution in [0.25, 0.3) is 6.08 Å². The van der Waals surface area contributed by atoms with E-state index in [1.54, 1.807) is 12.1 Å². The molecule has 0 radical (unpaired) electrons. The van der Waals surface area contributed by atoms with E-state index in [-0.39, 0.29) is 17.4 Å². The summed E-state index contributed by atoms with van der Waals surface area (Å²) in [7, 11) is 1.44. The van der Waals surface area contributed by atoms with Crippen LogP contribution in [-0.4, -0.2) is 37.4 Å². The molecule has 1 aliphatic rings. The minimum atomic E-state index is -0.440. The van der Waals surface area contributed by atoms with Crippen molar-refractivity contribution >= 4 is 34.6 Å². The zero-order valence-corrected chi connectivity index (χ0v) is 14.8. The lowest BCUT2D eigenvalue weighted by Crippen LogP contribution is -2.32. The van der Waals surface area contributed by atoms with E-state index >= 15 is 0 Å². The van der Waals surface area contributed by atoms with E-state index < -0.39 is 5.91 Å². The predicted molar refractivity (Wildman–Crippen MR) is 92.9 cm³/mol. The van der Waals surface area contributed by atoms with Crippen molar-refractivity contribution in [3.05, 3.63) is 26.8 Å². The van der Waals surface area contributed by atoms with Gasteiger partial charge in [-0.2, -0.15) is 5.26 Å². The fourth-order valence-electron chi connectivity index (χ4n) is 2.26. The molecule has 1 heterocycles. The quantitative estimate of drug-likeness (QED) is 0.427. The number of methoxy groups -OCH3 is 1. The molecule has 0 saturated carbocycles. The minimum absolute atomic E-state index is 0.00783. The fourth-order valence-corrected chi connectivity index (χ4v) is 2.88. The molecule has 1 amide bonds. The number of halogens is 1. The molecule has 1 aliphatic heterocycles. The van der Waals surface area contributed by atoms with Gasteiger partial charge in [-0.05, 0) is 59.2 Å². The van der Waals surface area contributed by atoms with E-state index in [0.717, 1.165) is 12.8 Å². The van der Waals surface area contributed by atoms with Crippen molar-refractivity contribution in [2.24, 2.45) is 0 Å². The van der Waals surface area contributed by atoms with E-state index in [9.17, 15) is 15.2 Å². The van der Waals surface area contributed by atoms with Gasteiger partial charge >= 0.3 is 0 Å². The molecule has 2 N–H and O–H groups in total. The smallest absolute Gasteiger partial charge is 0.262 e. The number of nitrogens with zero attached hydrogens (tertiary/aromatic N) is 1. The van der Waals surface area contributed by atoms with Crippen LogP contribution in [0.3, 0.4) is 0 Å². The second-order valence-corrected chi connectivity index (χ2v) is 6.23. The van der Waals surface area contributed by atoms with Crippen molar-refractivity contribution in [1.29, 1.82) is 5.26 Å². The molecule has 6 nitrogen and oxygen atoms in total. The highest BCUT2D eigenvalue weighted by Crippen LogP contribution is 2.33. The summed E-state index contributed by atoms with van der Waals surface area (Å²) in [5.74, 6) is -0.114.